The van der Waals surface area contributed by atoms with Gasteiger partial charge in [-0.1, -0.05) is 66.7 Å². The molecular weight excluding hydrogens is 272 g/mol. The maximum atomic E-state index is 5.90. The van der Waals surface area contributed by atoms with Gasteiger partial charge in [0.25, 0.3) is 0 Å². The van der Waals surface area contributed by atoms with Crippen LogP contribution in [0.4, 0.5) is 0 Å². The summed E-state index contributed by atoms with van der Waals surface area (Å²) in [5.41, 5.74) is 2.36. The Morgan fingerprint density at radius 2 is 1.41 bits per heavy atom. The van der Waals surface area contributed by atoms with Crippen LogP contribution in [0.2, 0.25) is 0 Å². The average molecular weight is 296 g/mol. The maximum absolute atomic E-state index is 5.90. The Bertz CT molecular complexity index is 521. The highest BCUT2D eigenvalue weighted by Crippen LogP contribution is 2.32. The number of allylic oxidation sites excluding steroid dienone is 1. The molecule has 0 saturated heterocycles. The first kappa shape index (κ1) is 16.3. The predicted molar refractivity (Wildman–Crippen MR) is 90.9 cm³/mol. The quantitative estimate of drug-likeness (QED) is 0.525. The number of benzene rings is 2. The van der Waals surface area contributed by atoms with Crippen molar-refractivity contribution in [3.05, 3.63) is 84.1 Å². The molecule has 2 nitrogen and oxygen atoms in total. The normalized spacial score (nSPS) is 11.7. The Labute approximate surface area is 133 Å². The SMILES string of the molecule is CC=COCCOCC(C)(c1ccccc1)c1ccccc1. The van der Waals surface area contributed by atoms with Crippen LogP contribution >= 0.6 is 0 Å². The van der Waals surface area contributed by atoms with E-state index in [0.717, 1.165) is 0 Å². The van der Waals surface area contributed by atoms with Crippen LogP contribution in [0.1, 0.15) is 25.0 Å². The van der Waals surface area contributed by atoms with Crippen LogP contribution in [0, 0.1) is 0 Å². The zero-order valence-electron chi connectivity index (χ0n) is 13.4. The van der Waals surface area contributed by atoms with Gasteiger partial charge in [-0.2, -0.15) is 0 Å². The molecular formula is C20H24O2. The molecule has 2 aromatic carbocycles. The van der Waals surface area contributed by atoms with Crippen molar-refractivity contribution < 1.29 is 9.47 Å². The highest BCUT2D eigenvalue weighted by Gasteiger charge is 2.28. The zero-order valence-corrected chi connectivity index (χ0v) is 13.4. The summed E-state index contributed by atoms with van der Waals surface area (Å²) in [7, 11) is 0. The molecule has 0 saturated carbocycles. The summed E-state index contributed by atoms with van der Waals surface area (Å²) in [6.07, 6.45) is 3.56. The summed E-state index contributed by atoms with van der Waals surface area (Å²) in [5.74, 6) is 0. The minimum atomic E-state index is -0.164. The number of rotatable bonds is 8. The lowest BCUT2D eigenvalue weighted by Gasteiger charge is -2.30. The monoisotopic (exact) mass is 296 g/mol. The second-order valence-electron chi connectivity index (χ2n) is 5.46. The largest absolute Gasteiger partial charge is 0.499 e. The molecule has 0 aromatic heterocycles. The van der Waals surface area contributed by atoms with Gasteiger partial charge in [0, 0.05) is 5.41 Å². The Balaban J connectivity index is 2.10. The van der Waals surface area contributed by atoms with Crippen LogP contribution < -0.4 is 0 Å². The van der Waals surface area contributed by atoms with Gasteiger partial charge >= 0.3 is 0 Å². The first-order valence-electron chi connectivity index (χ1n) is 7.69. The van der Waals surface area contributed by atoms with Crippen molar-refractivity contribution in [2.75, 3.05) is 19.8 Å². The van der Waals surface area contributed by atoms with E-state index in [1.807, 2.05) is 25.1 Å². The highest BCUT2D eigenvalue weighted by atomic mass is 16.5. The molecule has 2 rings (SSSR count). The third-order valence-corrected chi connectivity index (χ3v) is 3.79. The van der Waals surface area contributed by atoms with E-state index in [0.29, 0.717) is 19.8 Å². The van der Waals surface area contributed by atoms with Crippen LogP contribution in [-0.2, 0) is 14.9 Å². The predicted octanol–water partition coefficient (Wildman–Crippen LogP) is 4.56. The first-order valence-corrected chi connectivity index (χ1v) is 7.69. The van der Waals surface area contributed by atoms with Gasteiger partial charge in [0.2, 0.25) is 0 Å². The lowest BCUT2D eigenvalue weighted by atomic mass is 9.77. The van der Waals surface area contributed by atoms with Crippen LogP contribution in [0.5, 0.6) is 0 Å². The molecule has 0 heterocycles. The van der Waals surface area contributed by atoms with E-state index < -0.39 is 0 Å². The number of ether oxygens (including phenoxy) is 2. The van der Waals surface area contributed by atoms with Gasteiger partial charge in [0.15, 0.2) is 0 Å². The minimum Gasteiger partial charge on any atom is -0.499 e. The molecule has 0 aliphatic carbocycles. The van der Waals surface area contributed by atoms with Crippen molar-refractivity contribution in [3.63, 3.8) is 0 Å². The molecule has 0 fully saturated rings. The van der Waals surface area contributed by atoms with E-state index in [9.17, 15) is 0 Å². The standard InChI is InChI=1S/C20H24O2/c1-3-14-21-15-16-22-17-20(2,18-10-6-4-7-11-18)19-12-8-5-9-13-19/h3-14H,15-17H2,1-2H3. The summed E-state index contributed by atoms with van der Waals surface area (Å²) >= 11 is 0. The lowest BCUT2D eigenvalue weighted by Crippen LogP contribution is -2.30. The molecule has 0 radical (unpaired) electrons. The smallest absolute Gasteiger partial charge is 0.111 e. The van der Waals surface area contributed by atoms with Gasteiger partial charge in [-0.3, -0.25) is 0 Å². The van der Waals surface area contributed by atoms with Crippen molar-refractivity contribution >= 4 is 0 Å². The molecule has 0 amide bonds. The van der Waals surface area contributed by atoms with Crippen LogP contribution in [0.25, 0.3) is 0 Å². The lowest BCUT2D eigenvalue weighted by molar-refractivity contribution is 0.0635. The first-order chi connectivity index (χ1) is 10.8. The summed E-state index contributed by atoms with van der Waals surface area (Å²) in [6, 6.07) is 21.0. The molecule has 0 unspecified atom stereocenters. The molecule has 0 aliphatic rings. The van der Waals surface area contributed by atoms with Crippen molar-refractivity contribution in [1.82, 2.24) is 0 Å². The topological polar surface area (TPSA) is 18.5 Å². The summed E-state index contributed by atoms with van der Waals surface area (Å²) in [4.78, 5) is 0. The third kappa shape index (κ3) is 4.22. The van der Waals surface area contributed by atoms with Crippen LogP contribution in [-0.4, -0.2) is 19.8 Å². The van der Waals surface area contributed by atoms with Gasteiger partial charge in [0.05, 0.1) is 19.5 Å². The molecule has 22 heavy (non-hydrogen) atoms. The Kier molecular flexibility index (Phi) is 6.23. The second-order valence-corrected chi connectivity index (χ2v) is 5.46. The van der Waals surface area contributed by atoms with Gasteiger partial charge in [0.1, 0.15) is 6.61 Å². The van der Waals surface area contributed by atoms with E-state index in [-0.39, 0.29) is 5.41 Å². The average Bonchev–Trinajstić information content (AvgIpc) is 2.59. The van der Waals surface area contributed by atoms with Crippen molar-refractivity contribution in [2.45, 2.75) is 19.3 Å². The van der Waals surface area contributed by atoms with Gasteiger partial charge < -0.3 is 9.47 Å². The zero-order chi connectivity index (χ0) is 15.7. The maximum Gasteiger partial charge on any atom is 0.111 e. The van der Waals surface area contributed by atoms with Crippen LogP contribution in [0.3, 0.4) is 0 Å². The van der Waals surface area contributed by atoms with E-state index in [1.165, 1.54) is 11.1 Å². The molecule has 0 atom stereocenters. The number of hydrogen-bond acceptors (Lipinski definition) is 2. The molecule has 0 N–H and O–H groups in total. The van der Waals surface area contributed by atoms with E-state index in [2.05, 4.69) is 55.5 Å². The fourth-order valence-electron chi connectivity index (χ4n) is 2.49. The molecule has 2 heteroatoms. The molecule has 116 valence electrons. The molecule has 0 spiro atoms. The highest BCUT2D eigenvalue weighted by molar-refractivity contribution is 5.38. The molecule has 0 bridgehead atoms. The second kappa shape index (κ2) is 8.40. The minimum absolute atomic E-state index is 0.164. The summed E-state index contributed by atoms with van der Waals surface area (Å²) in [6.45, 7) is 5.94. The van der Waals surface area contributed by atoms with Gasteiger partial charge in [-0.05, 0) is 25.0 Å². The molecule has 2 aromatic rings. The summed E-state index contributed by atoms with van der Waals surface area (Å²) < 4.78 is 11.2. The van der Waals surface area contributed by atoms with Crippen molar-refractivity contribution in [2.24, 2.45) is 0 Å². The number of hydrogen-bond donors (Lipinski definition) is 0. The summed E-state index contributed by atoms with van der Waals surface area (Å²) in [5, 5.41) is 0. The van der Waals surface area contributed by atoms with E-state index >= 15 is 0 Å². The Morgan fingerprint density at radius 1 is 0.864 bits per heavy atom. The van der Waals surface area contributed by atoms with Crippen molar-refractivity contribution in [3.8, 4) is 0 Å². The van der Waals surface area contributed by atoms with Crippen LogP contribution in [0.15, 0.2) is 73.0 Å². The Morgan fingerprint density at radius 3 is 1.91 bits per heavy atom. The fourth-order valence-corrected chi connectivity index (χ4v) is 2.49. The fraction of sp³-hybridized carbons (Fsp3) is 0.300. The molecule has 0 aliphatic heterocycles. The van der Waals surface area contributed by atoms with Crippen molar-refractivity contribution in [1.29, 1.82) is 0 Å². The van der Waals surface area contributed by atoms with Gasteiger partial charge in [-0.15, -0.1) is 0 Å². The third-order valence-electron chi connectivity index (χ3n) is 3.79. The van der Waals surface area contributed by atoms with E-state index in [1.54, 1.807) is 6.26 Å². The van der Waals surface area contributed by atoms with Gasteiger partial charge in [-0.25, -0.2) is 0 Å². The Hall–Kier alpha value is -2.06. The van der Waals surface area contributed by atoms with E-state index in [4.69, 9.17) is 9.47 Å².